The van der Waals surface area contributed by atoms with Gasteiger partial charge in [0.1, 0.15) is 6.04 Å². The minimum Gasteiger partial charge on any atom is -0.388 e. The van der Waals surface area contributed by atoms with Crippen molar-refractivity contribution < 1.29 is 47.4 Å². The molecule has 3 amide bonds. The number of urea groups is 1. The Kier molecular flexibility index (Phi) is 8.43. The molecule has 1 aromatic heterocycles. The molecule has 1 aliphatic rings. The summed E-state index contributed by atoms with van der Waals surface area (Å²) in [6.45, 7) is 1.91. The summed E-state index contributed by atoms with van der Waals surface area (Å²) in [6, 6.07) is 6.33. The Labute approximate surface area is 192 Å². The fraction of sp³-hybridized carbons (Fsp3) is 0.389. The number of hydrogen-bond donors (Lipinski definition) is 1. The quantitative estimate of drug-likeness (QED) is 0.375. The number of thiazole rings is 1. The SMILES string of the molecule is CCC(O)c1ccc(N2C(=O)N(C)C(=O)C2CCSc2nc[c-]s2)cc1.[Y]. The number of benzene rings is 1. The van der Waals surface area contributed by atoms with Crippen LogP contribution in [0.15, 0.2) is 34.8 Å². The zero-order valence-electron chi connectivity index (χ0n) is 15.2. The molecule has 2 unspecified atom stereocenters. The van der Waals surface area contributed by atoms with Crippen molar-refractivity contribution in [2.45, 2.75) is 36.3 Å². The number of carbonyl (C=O) groups excluding carboxylic acids is 2. The molecule has 9 heteroatoms. The molecule has 6 nitrogen and oxygen atoms in total. The van der Waals surface area contributed by atoms with Crippen LogP contribution in [-0.2, 0) is 37.5 Å². The average molecular weight is 479 g/mol. The Balaban J connectivity index is 0.00000261. The van der Waals surface area contributed by atoms with Gasteiger partial charge in [0.05, 0.1) is 6.10 Å². The van der Waals surface area contributed by atoms with Gasteiger partial charge in [-0.2, -0.15) is 17.1 Å². The van der Waals surface area contributed by atoms with Gasteiger partial charge in [0.2, 0.25) is 0 Å². The molecule has 0 spiro atoms. The predicted molar refractivity (Wildman–Crippen MR) is 102 cm³/mol. The number of aliphatic hydroxyl groups excluding tert-OH is 1. The molecule has 1 saturated heterocycles. The molecule has 27 heavy (non-hydrogen) atoms. The molecule has 3 rings (SSSR count). The summed E-state index contributed by atoms with van der Waals surface area (Å²) >= 11 is 3.00. The van der Waals surface area contributed by atoms with Crippen molar-refractivity contribution in [3.05, 3.63) is 41.4 Å². The van der Waals surface area contributed by atoms with Gasteiger partial charge in [-0.15, -0.1) is 0 Å². The summed E-state index contributed by atoms with van der Waals surface area (Å²) in [5, 5.41) is 12.9. The Bertz CT molecular complexity index is 771. The fourth-order valence-electron chi connectivity index (χ4n) is 2.87. The summed E-state index contributed by atoms with van der Waals surface area (Å²) < 4.78 is 0.902. The number of anilines is 1. The minimum absolute atomic E-state index is 0. The van der Waals surface area contributed by atoms with Crippen LogP contribution in [0.2, 0.25) is 0 Å². The van der Waals surface area contributed by atoms with Gasteiger partial charge in [-0.1, -0.05) is 25.3 Å². The number of nitrogens with zero attached hydrogens (tertiary/aromatic N) is 3. The van der Waals surface area contributed by atoms with Gasteiger partial charge in [0.25, 0.3) is 5.91 Å². The summed E-state index contributed by atoms with van der Waals surface area (Å²) in [6.07, 6.45) is 2.27. The van der Waals surface area contributed by atoms with E-state index < -0.39 is 12.1 Å². The number of likely N-dealkylation sites (N-methyl/N-ethyl adjacent to an activating group) is 1. The molecule has 2 aromatic rings. The van der Waals surface area contributed by atoms with Crippen molar-refractivity contribution in [2.24, 2.45) is 0 Å². The number of amides is 3. The van der Waals surface area contributed by atoms with Gasteiger partial charge in [-0.05, 0) is 40.6 Å². The van der Waals surface area contributed by atoms with E-state index in [1.165, 1.54) is 23.3 Å². The Hall–Kier alpha value is -0.796. The number of carbonyl (C=O) groups is 2. The van der Waals surface area contributed by atoms with Gasteiger partial charge < -0.3 is 21.4 Å². The normalized spacial score (nSPS) is 18.0. The average Bonchev–Trinajstić information content (AvgIpc) is 3.25. The maximum absolute atomic E-state index is 12.6. The third-order valence-corrected chi connectivity index (χ3v) is 6.25. The first kappa shape index (κ1) is 22.5. The molecule has 2 atom stereocenters. The third-order valence-electron chi connectivity index (χ3n) is 4.35. The van der Waals surface area contributed by atoms with Crippen molar-refractivity contribution in [3.63, 3.8) is 0 Å². The molecule has 2 heterocycles. The molecule has 0 saturated carbocycles. The van der Waals surface area contributed by atoms with E-state index in [2.05, 4.69) is 10.4 Å². The van der Waals surface area contributed by atoms with E-state index in [0.29, 0.717) is 24.3 Å². The first-order valence-electron chi connectivity index (χ1n) is 8.36. The van der Waals surface area contributed by atoms with Gasteiger partial charge >= 0.3 is 6.03 Å². The van der Waals surface area contributed by atoms with Gasteiger partial charge in [-0.3, -0.25) is 14.6 Å². The molecular formula is C18H20N3O3S2Y-. The standard InChI is InChI=1S/C18H20N3O3S2.Y/c1-3-15(22)12-4-6-13(7-5-12)21-14(16(23)20(2)18(21)24)8-10-25-17-19-9-11-26-17;/h4-7,9,14-15,22H,3,8,10H2,1-2H3;/q-1;. The van der Waals surface area contributed by atoms with Gasteiger partial charge in [0.15, 0.2) is 0 Å². The molecular weight excluding hydrogens is 459 g/mol. The molecule has 1 aliphatic heterocycles. The summed E-state index contributed by atoms with van der Waals surface area (Å²) in [5.74, 6) is 0.487. The van der Waals surface area contributed by atoms with Crippen molar-refractivity contribution in [1.82, 2.24) is 9.88 Å². The van der Waals surface area contributed by atoms with E-state index in [1.807, 2.05) is 6.92 Å². The van der Waals surface area contributed by atoms with Crippen LogP contribution in [0.3, 0.4) is 0 Å². The smallest absolute Gasteiger partial charge is 0.331 e. The maximum Gasteiger partial charge on any atom is 0.331 e. The number of thioether (sulfide) groups is 1. The molecule has 1 N–H and O–H groups in total. The van der Waals surface area contributed by atoms with Crippen LogP contribution >= 0.6 is 23.1 Å². The maximum atomic E-state index is 12.6. The fourth-order valence-corrected chi connectivity index (χ4v) is 4.45. The number of imide groups is 1. The van der Waals surface area contributed by atoms with Crippen LogP contribution in [0.25, 0.3) is 0 Å². The second kappa shape index (κ2) is 10.1. The van der Waals surface area contributed by atoms with E-state index in [9.17, 15) is 14.7 Å². The summed E-state index contributed by atoms with van der Waals surface area (Å²) in [7, 11) is 1.51. The largest absolute Gasteiger partial charge is 0.388 e. The van der Waals surface area contributed by atoms with Crippen LogP contribution in [0.5, 0.6) is 0 Å². The Morgan fingerprint density at radius 2 is 2.04 bits per heavy atom. The second-order valence-electron chi connectivity index (χ2n) is 5.96. The zero-order chi connectivity index (χ0) is 18.7. The van der Waals surface area contributed by atoms with Crippen molar-refractivity contribution in [2.75, 3.05) is 17.7 Å². The monoisotopic (exact) mass is 479 g/mol. The predicted octanol–water partition coefficient (Wildman–Crippen LogP) is 3.33. The van der Waals surface area contributed by atoms with Crippen molar-refractivity contribution in [3.8, 4) is 0 Å². The van der Waals surface area contributed by atoms with Crippen LogP contribution in [0.4, 0.5) is 10.5 Å². The number of rotatable bonds is 7. The van der Waals surface area contributed by atoms with Gasteiger partial charge in [0, 0.05) is 45.4 Å². The van der Waals surface area contributed by atoms with Gasteiger partial charge in [-0.25, -0.2) is 4.79 Å². The van der Waals surface area contributed by atoms with Crippen LogP contribution < -0.4 is 4.90 Å². The molecule has 0 bridgehead atoms. The van der Waals surface area contributed by atoms with Crippen LogP contribution in [0, 0.1) is 5.38 Å². The molecule has 141 valence electrons. The number of hydrogen-bond acceptors (Lipinski definition) is 6. The van der Waals surface area contributed by atoms with Crippen LogP contribution in [0.1, 0.15) is 31.4 Å². The molecule has 0 aliphatic carbocycles. The van der Waals surface area contributed by atoms with E-state index in [0.717, 1.165) is 9.90 Å². The summed E-state index contributed by atoms with van der Waals surface area (Å²) in [5.41, 5.74) is 1.46. The van der Waals surface area contributed by atoms with Crippen LogP contribution in [-0.4, -0.2) is 45.8 Å². The zero-order valence-corrected chi connectivity index (χ0v) is 19.6. The van der Waals surface area contributed by atoms with E-state index >= 15 is 0 Å². The third kappa shape index (κ3) is 4.98. The minimum atomic E-state index is -0.523. The Morgan fingerprint density at radius 1 is 1.33 bits per heavy atom. The van der Waals surface area contributed by atoms with E-state index in [4.69, 9.17) is 0 Å². The first-order valence-corrected chi connectivity index (χ1v) is 10.2. The Morgan fingerprint density at radius 3 is 2.63 bits per heavy atom. The molecule has 1 fully saturated rings. The molecule has 1 aromatic carbocycles. The number of aromatic nitrogens is 1. The summed E-state index contributed by atoms with van der Waals surface area (Å²) in [4.78, 5) is 31.9. The van der Waals surface area contributed by atoms with E-state index in [-0.39, 0.29) is 44.6 Å². The number of aliphatic hydroxyl groups is 1. The molecule has 1 radical (unpaired) electrons. The van der Waals surface area contributed by atoms with Crippen molar-refractivity contribution in [1.29, 1.82) is 0 Å². The van der Waals surface area contributed by atoms with E-state index in [1.54, 1.807) is 47.1 Å². The first-order chi connectivity index (χ1) is 12.5. The second-order valence-corrected chi connectivity index (χ2v) is 8.13. The topological polar surface area (TPSA) is 73.7 Å². The van der Waals surface area contributed by atoms with Crippen molar-refractivity contribution >= 4 is 40.7 Å².